The van der Waals surface area contributed by atoms with E-state index in [2.05, 4.69) is 0 Å². The van der Waals surface area contributed by atoms with Gasteiger partial charge >= 0.3 is 0 Å². The van der Waals surface area contributed by atoms with Crippen LogP contribution in [0.3, 0.4) is 0 Å². The zero-order valence-corrected chi connectivity index (χ0v) is 14.3. The predicted octanol–water partition coefficient (Wildman–Crippen LogP) is 2.27. The lowest BCUT2D eigenvalue weighted by atomic mass is 10.2. The first kappa shape index (κ1) is 17.8. The molecular weight excluding hydrogens is 328 g/mol. The molecule has 0 bridgehead atoms. The molecule has 0 aromatic heterocycles. The Balaban J connectivity index is 1.83. The highest BCUT2D eigenvalue weighted by Crippen LogP contribution is 2.18. The molecule has 24 heavy (non-hydrogen) atoms. The number of sulfonamides is 1. The molecule has 0 N–H and O–H groups in total. The highest BCUT2D eigenvalue weighted by atomic mass is 32.2. The predicted molar refractivity (Wildman–Crippen MR) is 89.5 cm³/mol. The van der Waals surface area contributed by atoms with Crippen molar-refractivity contribution in [3.63, 3.8) is 0 Å². The summed E-state index contributed by atoms with van der Waals surface area (Å²) < 4.78 is 36.1. The zero-order valence-electron chi connectivity index (χ0n) is 13.5. The van der Waals surface area contributed by atoms with E-state index < -0.39 is 10.0 Å². The van der Waals surface area contributed by atoms with Crippen LogP contribution in [-0.2, 0) is 10.0 Å². The molecule has 2 aromatic carbocycles. The number of rotatable bonds is 7. The second-order valence-electron chi connectivity index (χ2n) is 5.09. The van der Waals surface area contributed by atoms with Gasteiger partial charge in [-0.2, -0.15) is 5.26 Å². The summed E-state index contributed by atoms with van der Waals surface area (Å²) in [6.07, 6.45) is 0. The average Bonchev–Trinajstić information content (AvgIpc) is 2.59. The Labute approximate surface area is 141 Å². The van der Waals surface area contributed by atoms with Gasteiger partial charge in [-0.25, -0.2) is 12.7 Å². The Bertz CT molecular complexity index is 807. The summed E-state index contributed by atoms with van der Waals surface area (Å²) in [6.45, 7) is 0.656. The molecule has 0 saturated carbocycles. The average molecular weight is 346 g/mol. The Kier molecular flexibility index (Phi) is 5.79. The fourth-order valence-corrected chi connectivity index (χ4v) is 2.77. The third-order valence-corrected chi connectivity index (χ3v) is 5.04. The first-order valence-corrected chi connectivity index (χ1v) is 8.66. The van der Waals surface area contributed by atoms with Crippen LogP contribution < -0.4 is 9.47 Å². The van der Waals surface area contributed by atoms with E-state index in [0.717, 1.165) is 4.31 Å². The molecule has 0 spiro atoms. The summed E-state index contributed by atoms with van der Waals surface area (Å²) in [5.41, 5.74) is 0.575. The van der Waals surface area contributed by atoms with Gasteiger partial charge in [0.15, 0.2) is 0 Å². The van der Waals surface area contributed by atoms with E-state index >= 15 is 0 Å². The van der Waals surface area contributed by atoms with Crippen LogP contribution in [0.4, 0.5) is 0 Å². The van der Waals surface area contributed by atoms with Crippen LogP contribution in [-0.4, -0.2) is 40.0 Å². The van der Waals surface area contributed by atoms with Crippen molar-refractivity contribution in [2.24, 2.45) is 0 Å². The Morgan fingerprint density at radius 1 is 0.917 bits per heavy atom. The van der Waals surface area contributed by atoms with Crippen LogP contribution in [0.1, 0.15) is 5.56 Å². The van der Waals surface area contributed by atoms with Gasteiger partial charge in [-0.3, -0.25) is 0 Å². The Morgan fingerprint density at radius 3 is 1.79 bits per heavy atom. The largest absolute Gasteiger partial charge is 0.490 e. The van der Waals surface area contributed by atoms with Gasteiger partial charge in [-0.05, 0) is 48.5 Å². The quantitative estimate of drug-likeness (QED) is 0.719. The summed E-state index contributed by atoms with van der Waals surface area (Å²) in [5, 5.41) is 8.72. The summed E-state index contributed by atoms with van der Waals surface area (Å²) >= 11 is 0. The van der Waals surface area contributed by atoms with Crippen molar-refractivity contribution in [2.75, 3.05) is 27.3 Å². The molecule has 0 heterocycles. The smallest absolute Gasteiger partial charge is 0.242 e. The van der Waals surface area contributed by atoms with Crippen LogP contribution in [0.5, 0.6) is 11.5 Å². The second-order valence-corrected chi connectivity index (χ2v) is 7.24. The normalized spacial score (nSPS) is 11.1. The van der Waals surface area contributed by atoms with E-state index in [4.69, 9.17) is 14.7 Å². The Hall–Kier alpha value is -2.56. The van der Waals surface area contributed by atoms with Gasteiger partial charge in [-0.1, -0.05) is 0 Å². The monoisotopic (exact) mass is 346 g/mol. The molecule has 2 aromatic rings. The van der Waals surface area contributed by atoms with Crippen molar-refractivity contribution < 1.29 is 17.9 Å². The van der Waals surface area contributed by atoms with Crippen molar-refractivity contribution in [1.82, 2.24) is 4.31 Å². The maximum Gasteiger partial charge on any atom is 0.242 e. The van der Waals surface area contributed by atoms with Crippen molar-refractivity contribution in [3.05, 3.63) is 54.1 Å². The van der Waals surface area contributed by atoms with E-state index in [0.29, 0.717) is 30.3 Å². The molecule has 0 amide bonds. The lowest BCUT2D eigenvalue weighted by molar-refractivity contribution is 0.217. The summed E-state index contributed by atoms with van der Waals surface area (Å²) in [4.78, 5) is 0.216. The number of nitrogens with zero attached hydrogens (tertiary/aromatic N) is 2. The third kappa shape index (κ3) is 4.47. The molecule has 0 aliphatic heterocycles. The molecule has 0 saturated heterocycles. The van der Waals surface area contributed by atoms with E-state index in [1.807, 2.05) is 6.07 Å². The van der Waals surface area contributed by atoms with Crippen LogP contribution in [0.2, 0.25) is 0 Å². The minimum absolute atomic E-state index is 0.216. The minimum Gasteiger partial charge on any atom is -0.490 e. The number of hydrogen-bond donors (Lipinski definition) is 0. The van der Waals surface area contributed by atoms with Gasteiger partial charge in [0.25, 0.3) is 0 Å². The van der Waals surface area contributed by atoms with E-state index in [9.17, 15) is 8.42 Å². The topological polar surface area (TPSA) is 79.6 Å². The summed E-state index contributed by atoms with van der Waals surface area (Å²) in [5.74, 6) is 1.22. The number of nitriles is 1. The highest BCUT2D eigenvalue weighted by molar-refractivity contribution is 7.89. The van der Waals surface area contributed by atoms with Crippen molar-refractivity contribution in [2.45, 2.75) is 4.90 Å². The molecule has 0 atom stereocenters. The summed E-state index contributed by atoms with van der Waals surface area (Å²) in [7, 11) is -0.458. The SMILES string of the molecule is CN(C)S(=O)(=O)c1ccc(OCCOc2ccc(C#N)cc2)cc1. The zero-order chi connectivity index (χ0) is 17.6. The molecule has 6 nitrogen and oxygen atoms in total. The number of ether oxygens (including phenoxy) is 2. The standard InChI is InChI=1S/C17H18N2O4S/c1-19(2)24(20,21)17-9-7-16(8-10-17)23-12-11-22-15-5-3-14(13-18)4-6-15/h3-10H,11-12H2,1-2H3. The minimum atomic E-state index is -3.43. The third-order valence-electron chi connectivity index (χ3n) is 3.21. The molecule has 0 aliphatic rings. The van der Waals surface area contributed by atoms with Crippen molar-refractivity contribution >= 4 is 10.0 Å². The van der Waals surface area contributed by atoms with Gasteiger partial charge in [0.2, 0.25) is 10.0 Å². The lowest BCUT2D eigenvalue weighted by Gasteiger charge is -2.12. The van der Waals surface area contributed by atoms with E-state index in [1.165, 1.54) is 26.2 Å². The van der Waals surface area contributed by atoms with Gasteiger partial charge in [0.05, 0.1) is 16.5 Å². The van der Waals surface area contributed by atoms with E-state index in [1.54, 1.807) is 36.4 Å². The fourth-order valence-electron chi connectivity index (χ4n) is 1.86. The van der Waals surface area contributed by atoms with Crippen LogP contribution in [0.15, 0.2) is 53.4 Å². The second kappa shape index (κ2) is 7.81. The van der Waals surface area contributed by atoms with Gasteiger partial charge < -0.3 is 9.47 Å². The molecule has 2 rings (SSSR count). The van der Waals surface area contributed by atoms with Crippen molar-refractivity contribution in [3.8, 4) is 17.6 Å². The Morgan fingerprint density at radius 2 is 1.38 bits per heavy atom. The first-order chi connectivity index (χ1) is 11.4. The summed E-state index contributed by atoms with van der Waals surface area (Å²) in [6, 6.07) is 15.1. The van der Waals surface area contributed by atoms with Gasteiger partial charge in [-0.15, -0.1) is 0 Å². The van der Waals surface area contributed by atoms with Gasteiger partial charge in [0.1, 0.15) is 24.7 Å². The maximum atomic E-state index is 12.0. The fraction of sp³-hybridized carbons (Fsp3) is 0.235. The number of benzene rings is 2. The molecule has 126 valence electrons. The lowest BCUT2D eigenvalue weighted by Crippen LogP contribution is -2.22. The molecular formula is C17H18N2O4S. The first-order valence-electron chi connectivity index (χ1n) is 7.22. The molecule has 7 heteroatoms. The van der Waals surface area contributed by atoms with Crippen LogP contribution in [0, 0.1) is 11.3 Å². The molecule has 0 radical (unpaired) electrons. The molecule has 0 aliphatic carbocycles. The number of hydrogen-bond acceptors (Lipinski definition) is 5. The molecule has 0 unspecified atom stereocenters. The molecule has 0 fully saturated rings. The van der Waals surface area contributed by atoms with Crippen LogP contribution in [0.25, 0.3) is 0 Å². The highest BCUT2D eigenvalue weighted by Gasteiger charge is 2.16. The van der Waals surface area contributed by atoms with Crippen molar-refractivity contribution in [1.29, 1.82) is 5.26 Å². The maximum absolute atomic E-state index is 12.0. The van der Waals surface area contributed by atoms with Gasteiger partial charge in [0, 0.05) is 14.1 Å². The van der Waals surface area contributed by atoms with E-state index in [-0.39, 0.29) is 4.90 Å². The van der Waals surface area contributed by atoms with Crippen LogP contribution >= 0.6 is 0 Å².